The standard InChI is InChI=1S/C16H16FNO4S/c1-9(11-5-6-23-8-11)15(19)18-14(16(20)21)10-3-4-13(22-2)12(17)7-10/h3-9,14H,1-2H3,(H,18,19)(H,20,21). The zero-order valence-electron chi connectivity index (χ0n) is 12.6. The molecule has 1 aromatic heterocycles. The molecule has 1 amide bonds. The van der Waals surface area contributed by atoms with Gasteiger partial charge in [0.15, 0.2) is 17.6 Å². The number of amides is 1. The van der Waals surface area contributed by atoms with Crippen molar-refractivity contribution < 1.29 is 23.8 Å². The van der Waals surface area contributed by atoms with Crippen LogP contribution in [0.5, 0.6) is 5.75 Å². The maximum Gasteiger partial charge on any atom is 0.330 e. The van der Waals surface area contributed by atoms with Gasteiger partial charge in [-0.3, -0.25) is 4.79 Å². The number of halogens is 1. The molecule has 2 N–H and O–H groups in total. The van der Waals surface area contributed by atoms with E-state index in [1.165, 1.54) is 30.6 Å². The van der Waals surface area contributed by atoms with E-state index in [1.54, 1.807) is 13.0 Å². The highest BCUT2D eigenvalue weighted by atomic mass is 32.1. The maximum absolute atomic E-state index is 13.8. The molecule has 0 spiro atoms. The molecular weight excluding hydrogens is 321 g/mol. The molecular formula is C16H16FNO4S. The molecule has 0 saturated heterocycles. The average Bonchev–Trinajstić information content (AvgIpc) is 3.05. The third kappa shape index (κ3) is 3.87. The summed E-state index contributed by atoms with van der Waals surface area (Å²) in [5.74, 6) is -2.87. The molecule has 7 heteroatoms. The van der Waals surface area contributed by atoms with Crippen LogP contribution in [0.3, 0.4) is 0 Å². The van der Waals surface area contributed by atoms with Crippen LogP contribution in [0.25, 0.3) is 0 Å². The van der Waals surface area contributed by atoms with Gasteiger partial charge in [-0.25, -0.2) is 9.18 Å². The molecule has 122 valence electrons. The highest BCUT2D eigenvalue weighted by Gasteiger charge is 2.26. The monoisotopic (exact) mass is 337 g/mol. The van der Waals surface area contributed by atoms with Crippen molar-refractivity contribution in [2.45, 2.75) is 18.9 Å². The van der Waals surface area contributed by atoms with Gasteiger partial charge in [0.1, 0.15) is 0 Å². The first kappa shape index (κ1) is 17.0. The van der Waals surface area contributed by atoms with Gasteiger partial charge < -0.3 is 15.2 Å². The minimum Gasteiger partial charge on any atom is -0.494 e. The number of benzene rings is 1. The van der Waals surface area contributed by atoms with Gasteiger partial charge in [0.25, 0.3) is 0 Å². The van der Waals surface area contributed by atoms with Crippen molar-refractivity contribution in [1.29, 1.82) is 0 Å². The van der Waals surface area contributed by atoms with E-state index in [0.717, 1.165) is 11.6 Å². The third-order valence-electron chi connectivity index (χ3n) is 3.48. The van der Waals surface area contributed by atoms with Gasteiger partial charge in [-0.2, -0.15) is 11.3 Å². The highest BCUT2D eigenvalue weighted by molar-refractivity contribution is 7.08. The molecule has 0 aliphatic carbocycles. The number of rotatable bonds is 6. The smallest absolute Gasteiger partial charge is 0.330 e. The van der Waals surface area contributed by atoms with E-state index < -0.39 is 29.7 Å². The van der Waals surface area contributed by atoms with Crippen LogP contribution in [0.4, 0.5) is 4.39 Å². The maximum atomic E-state index is 13.8. The zero-order chi connectivity index (χ0) is 17.0. The second-order valence-electron chi connectivity index (χ2n) is 4.95. The summed E-state index contributed by atoms with van der Waals surface area (Å²) >= 11 is 1.45. The van der Waals surface area contributed by atoms with Gasteiger partial charge >= 0.3 is 5.97 Å². The molecule has 2 unspecified atom stereocenters. The summed E-state index contributed by atoms with van der Waals surface area (Å²) in [6.07, 6.45) is 0. The number of thiophene rings is 1. The van der Waals surface area contributed by atoms with Crippen LogP contribution in [0, 0.1) is 5.82 Å². The van der Waals surface area contributed by atoms with Crippen molar-refractivity contribution in [2.75, 3.05) is 7.11 Å². The van der Waals surface area contributed by atoms with Gasteiger partial charge in [0.05, 0.1) is 13.0 Å². The number of methoxy groups -OCH3 is 1. The first-order valence-electron chi connectivity index (χ1n) is 6.82. The number of hydrogen-bond donors (Lipinski definition) is 2. The quantitative estimate of drug-likeness (QED) is 0.850. The number of nitrogens with one attached hydrogen (secondary N) is 1. The summed E-state index contributed by atoms with van der Waals surface area (Å²) < 4.78 is 18.6. The Hall–Kier alpha value is -2.41. The lowest BCUT2D eigenvalue weighted by molar-refractivity contribution is -0.142. The van der Waals surface area contributed by atoms with Crippen LogP contribution in [-0.4, -0.2) is 24.1 Å². The van der Waals surface area contributed by atoms with E-state index in [4.69, 9.17) is 4.74 Å². The molecule has 2 rings (SSSR count). The number of carbonyl (C=O) groups is 2. The summed E-state index contributed by atoms with van der Waals surface area (Å²) in [6, 6.07) is 4.26. The highest BCUT2D eigenvalue weighted by Crippen LogP contribution is 2.24. The van der Waals surface area contributed by atoms with Crippen LogP contribution in [0.15, 0.2) is 35.0 Å². The van der Waals surface area contributed by atoms with E-state index in [0.29, 0.717) is 0 Å². The summed E-state index contributed by atoms with van der Waals surface area (Å²) in [4.78, 5) is 23.7. The summed E-state index contributed by atoms with van der Waals surface area (Å²) in [5, 5.41) is 15.4. The number of carbonyl (C=O) groups excluding carboxylic acids is 1. The number of aliphatic carboxylic acids is 1. The minimum absolute atomic E-state index is 0.0101. The Labute approximate surface area is 136 Å². The summed E-state index contributed by atoms with van der Waals surface area (Å²) in [6.45, 7) is 1.69. The Balaban J connectivity index is 2.20. The largest absolute Gasteiger partial charge is 0.494 e. The predicted octanol–water partition coefficient (Wildman–Crippen LogP) is 2.94. The fourth-order valence-corrected chi connectivity index (χ4v) is 2.84. The average molecular weight is 337 g/mol. The van der Waals surface area contributed by atoms with Crippen molar-refractivity contribution >= 4 is 23.2 Å². The molecule has 0 aliphatic rings. The summed E-state index contributed by atoms with van der Waals surface area (Å²) in [5.41, 5.74) is 0.944. The van der Waals surface area contributed by atoms with Crippen LogP contribution in [0.2, 0.25) is 0 Å². The molecule has 2 atom stereocenters. The van der Waals surface area contributed by atoms with Gasteiger partial charge in [-0.1, -0.05) is 6.07 Å². The number of carboxylic acids is 1. The van der Waals surface area contributed by atoms with E-state index in [-0.39, 0.29) is 11.3 Å². The molecule has 23 heavy (non-hydrogen) atoms. The van der Waals surface area contributed by atoms with Crippen LogP contribution >= 0.6 is 11.3 Å². The molecule has 0 radical (unpaired) electrons. The van der Waals surface area contributed by atoms with E-state index >= 15 is 0 Å². The lowest BCUT2D eigenvalue weighted by Gasteiger charge is -2.18. The minimum atomic E-state index is -1.33. The second-order valence-corrected chi connectivity index (χ2v) is 5.73. The Bertz CT molecular complexity index is 702. The SMILES string of the molecule is COc1ccc(C(NC(=O)C(C)c2ccsc2)C(=O)O)cc1F. The fraction of sp³-hybridized carbons (Fsp3) is 0.250. The number of carboxylic acid groups (broad SMARTS) is 1. The van der Waals surface area contributed by atoms with Crippen LogP contribution in [0.1, 0.15) is 30.0 Å². The van der Waals surface area contributed by atoms with E-state index in [9.17, 15) is 19.1 Å². The Morgan fingerprint density at radius 3 is 2.57 bits per heavy atom. The first-order valence-corrected chi connectivity index (χ1v) is 7.77. The molecule has 1 heterocycles. The van der Waals surface area contributed by atoms with Gasteiger partial charge in [-0.05, 0) is 47.0 Å². The van der Waals surface area contributed by atoms with Gasteiger partial charge in [0.2, 0.25) is 5.91 Å². The van der Waals surface area contributed by atoms with Crippen molar-refractivity contribution in [2.24, 2.45) is 0 Å². The molecule has 2 aromatic rings. The van der Waals surface area contributed by atoms with Gasteiger partial charge in [-0.15, -0.1) is 0 Å². The predicted molar refractivity (Wildman–Crippen MR) is 84.2 cm³/mol. The Morgan fingerprint density at radius 2 is 2.04 bits per heavy atom. The van der Waals surface area contributed by atoms with E-state index in [2.05, 4.69) is 5.32 Å². The first-order chi connectivity index (χ1) is 10.9. The number of hydrogen-bond acceptors (Lipinski definition) is 4. The lowest BCUT2D eigenvalue weighted by atomic mass is 10.0. The fourth-order valence-electron chi connectivity index (χ4n) is 2.09. The van der Waals surface area contributed by atoms with Crippen LogP contribution < -0.4 is 10.1 Å². The molecule has 5 nitrogen and oxygen atoms in total. The second kappa shape index (κ2) is 7.23. The van der Waals surface area contributed by atoms with Crippen molar-refractivity contribution in [3.8, 4) is 5.75 Å². The van der Waals surface area contributed by atoms with Crippen molar-refractivity contribution in [3.05, 3.63) is 52.0 Å². The zero-order valence-corrected chi connectivity index (χ0v) is 13.4. The summed E-state index contributed by atoms with van der Waals surface area (Å²) in [7, 11) is 1.32. The molecule has 1 aromatic carbocycles. The molecule has 0 saturated carbocycles. The van der Waals surface area contributed by atoms with Crippen molar-refractivity contribution in [3.63, 3.8) is 0 Å². The third-order valence-corrected chi connectivity index (χ3v) is 4.18. The van der Waals surface area contributed by atoms with Gasteiger partial charge in [0, 0.05) is 0 Å². The molecule has 0 bridgehead atoms. The number of ether oxygens (including phenoxy) is 1. The van der Waals surface area contributed by atoms with Crippen molar-refractivity contribution in [1.82, 2.24) is 5.32 Å². The normalized spacial score (nSPS) is 13.2. The lowest BCUT2D eigenvalue weighted by Crippen LogP contribution is -2.36. The molecule has 0 aliphatic heterocycles. The van der Waals surface area contributed by atoms with Crippen LogP contribution in [-0.2, 0) is 9.59 Å². The Kier molecular flexibility index (Phi) is 5.33. The molecule has 0 fully saturated rings. The Morgan fingerprint density at radius 1 is 1.30 bits per heavy atom. The topological polar surface area (TPSA) is 75.6 Å². The van der Waals surface area contributed by atoms with E-state index in [1.807, 2.05) is 10.8 Å².